The Bertz CT molecular complexity index is 629. The van der Waals surface area contributed by atoms with Crippen LogP contribution in [0, 0.1) is 5.82 Å². The fraction of sp³-hybridized carbons (Fsp3) is 0.133. The van der Waals surface area contributed by atoms with Crippen molar-refractivity contribution >= 4 is 11.6 Å². The Morgan fingerprint density at radius 1 is 1.30 bits per heavy atom. The second kappa shape index (κ2) is 6.06. The number of benzene rings is 2. The molecule has 0 aliphatic carbocycles. The molecule has 0 aromatic heterocycles. The topological polar surface area (TPSA) is 64.3 Å². The van der Waals surface area contributed by atoms with Gasteiger partial charge >= 0.3 is 0 Å². The summed E-state index contributed by atoms with van der Waals surface area (Å²) >= 11 is 0. The summed E-state index contributed by atoms with van der Waals surface area (Å²) in [7, 11) is 1.40. The molecule has 0 bridgehead atoms. The van der Waals surface area contributed by atoms with E-state index in [1.165, 1.54) is 19.2 Å². The fourth-order valence-corrected chi connectivity index (χ4v) is 1.80. The van der Waals surface area contributed by atoms with Gasteiger partial charge in [-0.15, -0.1) is 0 Å². The standard InChI is InChI=1S/C15H15FN2O2/c1-20-14-7-6-10(8-12(14)16)9-18-15(19)11-4-2-3-5-13(11)17/h2-8H,9,17H2,1H3,(H,18,19). The smallest absolute Gasteiger partial charge is 0.253 e. The van der Waals surface area contributed by atoms with Gasteiger partial charge in [0.15, 0.2) is 11.6 Å². The average Bonchev–Trinajstić information content (AvgIpc) is 2.45. The highest BCUT2D eigenvalue weighted by Gasteiger charge is 2.09. The zero-order valence-corrected chi connectivity index (χ0v) is 11.0. The molecule has 2 rings (SSSR count). The van der Waals surface area contributed by atoms with Gasteiger partial charge in [0.05, 0.1) is 12.7 Å². The lowest BCUT2D eigenvalue weighted by molar-refractivity contribution is 0.0951. The normalized spacial score (nSPS) is 10.1. The van der Waals surface area contributed by atoms with Crippen LogP contribution in [0.15, 0.2) is 42.5 Å². The third-order valence-corrected chi connectivity index (χ3v) is 2.87. The fourth-order valence-electron chi connectivity index (χ4n) is 1.80. The van der Waals surface area contributed by atoms with Crippen molar-refractivity contribution in [3.05, 3.63) is 59.4 Å². The molecular formula is C15H15FN2O2. The van der Waals surface area contributed by atoms with E-state index in [-0.39, 0.29) is 18.2 Å². The Labute approximate surface area is 116 Å². The van der Waals surface area contributed by atoms with Gasteiger partial charge in [0.2, 0.25) is 0 Å². The van der Waals surface area contributed by atoms with Crippen LogP contribution in [0.1, 0.15) is 15.9 Å². The van der Waals surface area contributed by atoms with E-state index in [1.807, 2.05) is 0 Å². The quantitative estimate of drug-likeness (QED) is 0.841. The zero-order valence-electron chi connectivity index (χ0n) is 11.0. The molecule has 0 heterocycles. The third kappa shape index (κ3) is 3.06. The number of para-hydroxylation sites is 1. The van der Waals surface area contributed by atoms with Crippen molar-refractivity contribution in [2.75, 3.05) is 12.8 Å². The Hall–Kier alpha value is -2.56. The van der Waals surface area contributed by atoms with E-state index in [4.69, 9.17) is 10.5 Å². The molecule has 0 spiro atoms. The first-order valence-electron chi connectivity index (χ1n) is 6.07. The number of anilines is 1. The molecule has 1 amide bonds. The van der Waals surface area contributed by atoms with E-state index in [0.29, 0.717) is 16.8 Å². The largest absolute Gasteiger partial charge is 0.494 e. The van der Waals surface area contributed by atoms with Gasteiger partial charge in [0, 0.05) is 12.2 Å². The van der Waals surface area contributed by atoms with Crippen LogP contribution < -0.4 is 15.8 Å². The van der Waals surface area contributed by atoms with Crippen LogP contribution in [0.2, 0.25) is 0 Å². The second-order valence-corrected chi connectivity index (χ2v) is 4.24. The molecule has 20 heavy (non-hydrogen) atoms. The van der Waals surface area contributed by atoms with E-state index >= 15 is 0 Å². The minimum Gasteiger partial charge on any atom is -0.494 e. The molecule has 0 atom stereocenters. The van der Waals surface area contributed by atoms with Crippen molar-refractivity contribution in [2.24, 2.45) is 0 Å². The van der Waals surface area contributed by atoms with Gasteiger partial charge in [0.1, 0.15) is 0 Å². The molecule has 5 heteroatoms. The van der Waals surface area contributed by atoms with Crippen LogP contribution in [-0.4, -0.2) is 13.0 Å². The number of methoxy groups -OCH3 is 1. The number of hydrogen-bond donors (Lipinski definition) is 2. The van der Waals surface area contributed by atoms with Crippen molar-refractivity contribution in [3.63, 3.8) is 0 Å². The molecule has 3 N–H and O–H groups in total. The van der Waals surface area contributed by atoms with Crippen LogP contribution in [0.25, 0.3) is 0 Å². The average molecular weight is 274 g/mol. The summed E-state index contributed by atoms with van der Waals surface area (Å²) in [4.78, 5) is 11.9. The predicted octanol–water partition coefficient (Wildman–Crippen LogP) is 2.35. The first-order valence-corrected chi connectivity index (χ1v) is 6.07. The molecule has 0 unspecified atom stereocenters. The summed E-state index contributed by atoms with van der Waals surface area (Å²) in [6, 6.07) is 11.3. The molecule has 0 radical (unpaired) electrons. The number of hydrogen-bond acceptors (Lipinski definition) is 3. The summed E-state index contributed by atoms with van der Waals surface area (Å²) in [5.41, 5.74) is 7.17. The van der Waals surface area contributed by atoms with Crippen molar-refractivity contribution in [1.82, 2.24) is 5.32 Å². The third-order valence-electron chi connectivity index (χ3n) is 2.87. The molecule has 0 aliphatic rings. The van der Waals surface area contributed by atoms with Crippen molar-refractivity contribution in [2.45, 2.75) is 6.54 Å². The Balaban J connectivity index is 2.04. The van der Waals surface area contributed by atoms with Gasteiger partial charge in [-0.3, -0.25) is 4.79 Å². The van der Waals surface area contributed by atoms with E-state index < -0.39 is 5.82 Å². The molecule has 4 nitrogen and oxygen atoms in total. The first-order chi connectivity index (χ1) is 9.61. The molecule has 2 aromatic carbocycles. The summed E-state index contributed by atoms with van der Waals surface area (Å²) < 4.78 is 18.3. The number of halogens is 1. The van der Waals surface area contributed by atoms with E-state index in [2.05, 4.69) is 5.32 Å². The first kappa shape index (κ1) is 13.9. The predicted molar refractivity (Wildman–Crippen MR) is 75.0 cm³/mol. The molecule has 0 fully saturated rings. The minimum atomic E-state index is -0.460. The molecule has 0 saturated heterocycles. The van der Waals surface area contributed by atoms with Crippen molar-refractivity contribution in [1.29, 1.82) is 0 Å². The van der Waals surface area contributed by atoms with Crippen LogP contribution in [0.3, 0.4) is 0 Å². The number of carbonyl (C=O) groups is 1. The Kier molecular flexibility index (Phi) is 4.20. The van der Waals surface area contributed by atoms with E-state index in [1.54, 1.807) is 30.3 Å². The summed E-state index contributed by atoms with van der Waals surface area (Å²) in [5, 5.41) is 2.69. The summed E-state index contributed by atoms with van der Waals surface area (Å²) in [6.07, 6.45) is 0. The highest BCUT2D eigenvalue weighted by Crippen LogP contribution is 2.17. The molecular weight excluding hydrogens is 259 g/mol. The summed E-state index contributed by atoms with van der Waals surface area (Å²) in [5.74, 6) is -0.579. The lowest BCUT2D eigenvalue weighted by atomic mass is 10.1. The number of nitrogens with two attached hydrogens (primary N) is 1. The van der Waals surface area contributed by atoms with Crippen LogP contribution in [0.5, 0.6) is 5.75 Å². The number of carbonyl (C=O) groups excluding carboxylic acids is 1. The maximum absolute atomic E-state index is 13.5. The van der Waals surface area contributed by atoms with Gasteiger partial charge in [-0.1, -0.05) is 18.2 Å². The maximum atomic E-state index is 13.5. The number of rotatable bonds is 4. The van der Waals surface area contributed by atoms with Crippen LogP contribution in [-0.2, 0) is 6.54 Å². The van der Waals surface area contributed by atoms with E-state index in [9.17, 15) is 9.18 Å². The van der Waals surface area contributed by atoms with Gasteiger partial charge in [0.25, 0.3) is 5.91 Å². The number of amides is 1. The van der Waals surface area contributed by atoms with Crippen LogP contribution in [0.4, 0.5) is 10.1 Å². The Morgan fingerprint density at radius 2 is 2.05 bits per heavy atom. The minimum absolute atomic E-state index is 0.174. The monoisotopic (exact) mass is 274 g/mol. The second-order valence-electron chi connectivity index (χ2n) is 4.24. The SMILES string of the molecule is COc1ccc(CNC(=O)c2ccccc2N)cc1F. The van der Waals surface area contributed by atoms with Gasteiger partial charge in [-0.2, -0.15) is 0 Å². The van der Waals surface area contributed by atoms with Gasteiger partial charge in [-0.25, -0.2) is 4.39 Å². The summed E-state index contributed by atoms with van der Waals surface area (Å²) in [6.45, 7) is 0.216. The van der Waals surface area contributed by atoms with E-state index in [0.717, 1.165) is 0 Å². The number of ether oxygens (including phenoxy) is 1. The van der Waals surface area contributed by atoms with Gasteiger partial charge < -0.3 is 15.8 Å². The van der Waals surface area contributed by atoms with Crippen LogP contribution >= 0.6 is 0 Å². The lowest BCUT2D eigenvalue weighted by Crippen LogP contribution is -2.23. The molecule has 0 aliphatic heterocycles. The molecule has 104 valence electrons. The van der Waals surface area contributed by atoms with Crippen molar-refractivity contribution < 1.29 is 13.9 Å². The zero-order chi connectivity index (χ0) is 14.5. The number of nitrogen functional groups attached to an aromatic ring is 1. The maximum Gasteiger partial charge on any atom is 0.253 e. The highest BCUT2D eigenvalue weighted by molar-refractivity contribution is 5.98. The highest BCUT2D eigenvalue weighted by atomic mass is 19.1. The molecule has 0 saturated carbocycles. The number of nitrogens with one attached hydrogen (secondary N) is 1. The van der Waals surface area contributed by atoms with Gasteiger partial charge in [-0.05, 0) is 29.8 Å². The van der Waals surface area contributed by atoms with Crippen molar-refractivity contribution in [3.8, 4) is 5.75 Å². The molecule has 2 aromatic rings. The Morgan fingerprint density at radius 3 is 2.70 bits per heavy atom. The lowest BCUT2D eigenvalue weighted by Gasteiger charge is -2.08.